The number of likely N-dealkylation sites (N-methyl/N-ethyl adjacent to an activating group) is 1. The van der Waals surface area contributed by atoms with E-state index in [-0.39, 0.29) is 11.2 Å². The molecule has 1 aromatic rings. The maximum absolute atomic E-state index is 11.4. The van der Waals surface area contributed by atoms with Crippen molar-refractivity contribution in [2.45, 2.75) is 17.8 Å². The van der Waals surface area contributed by atoms with Crippen LogP contribution >= 0.6 is 0 Å². The Morgan fingerprint density at radius 3 is 2.88 bits per heavy atom. The molecule has 0 spiro atoms. The van der Waals surface area contributed by atoms with Crippen molar-refractivity contribution in [2.24, 2.45) is 0 Å². The summed E-state index contributed by atoms with van der Waals surface area (Å²) >= 11 is 0. The minimum absolute atomic E-state index is 0.265. The average Bonchev–Trinajstić information content (AvgIpc) is 2.27. The third-order valence-corrected chi connectivity index (χ3v) is 3.63. The molecule has 1 aliphatic heterocycles. The summed E-state index contributed by atoms with van der Waals surface area (Å²) in [5, 5.41) is 2.94. The smallest absolute Gasteiger partial charge is 0.212 e. The topological polar surface area (TPSA) is 64.6 Å². The minimum Gasteiger partial charge on any atom is -0.463 e. The first kappa shape index (κ1) is 12.3. The first-order valence-corrected chi connectivity index (χ1v) is 7.15. The fourth-order valence-corrected chi connectivity index (χ4v) is 2.26. The van der Waals surface area contributed by atoms with Crippen LogP contribution in [0.2, 0.25) is 0 Å². The summed E-state index contributed by atoms with van der Waals surface area (Å²) in [7, 11) is -1.40. The lowest BCUT2D eigenvalue weighted by Crippen LogP contribution is -2.34. The lowest BCUT2D eigenvalue weighted by atomic mass is 10.2. The minimum atomic E-state index is -3.20. The largest absolute Gasteiger partial charge is 0.463 e. The van der Waals surface area contributed by atoms with Crippen molar-refractivity contribution >= 4 is 9.84 Å². The van der Waals surface area contributed by atoms with E-state index in [4.69, 9.17) is 9.47 Å². The second-order valence-electron chi connectivity index (χ2n) is 3.96. The molecule has 0 amide bonds. The van der Waals surface area contributed by atoms with Gasteiger partial charge in [-0.05, 0) is 19.2 Å². The van der Waals surface area contributed by atoms with Crippen molar-refractivity contribution in [1.82, 2.24) is 5.32 Å². The Balaban J connectivity index is 2.29. The van der Waals surface area contributed by atoms with Gasteiger partial charge in [-0.25, -0.2) is 8.42 Å². The average molecular weight is 257 g/mol. The van der Waals surface area contributed by atoms with Gasteiger partial charge in [-0.3, -0.25) is 0 Å². The van der Waals surface area contributed by atoms with E-state index >= 15 is 0 Å². The summed E-state index contributed by atoms with van der Waals surface area (Å²) in [6.07, 6.45) is 0.807. The van der Waals surface area contributed by atoms with E-state index in [1.54, 1.807) is 25.2 Å². The quantitative estimate of drug-likeness (QED) is 0.856. The Labute approximate surface area is 101 Å². The van der Waals surface area contributed by atoms with Gasteiger partial charge >= 0.3 is 0 Å². The molecule has 0 saturated carbocycles. The van der Waals surface area contributed by atoms with Crippen molar-refractivity contribution in [3.63, 3.8) is 0 Å². The van der Waals surface area contributed by atoms with E-state index < -0.39 is 9.84 Å². The molecule has 1 N–H and O–H groups in total. The standard InChI is InChI=1S/C11H15NO4S/c1-12-6-11-15-7-8-3-4-9(17(2,13)14)5-10(8)16-11/h3-5,11-12H,6-7H2,1-2H3. The van der Waals surface area contributed by atoms with Crippen molar-refractivity contribution in [2.75, 3.05) is 19.8 Å². The lowest BCUT2D eigenvalue weighted by molar-refractivity contribution is -0.104. The molecule has 1 heterocycles. The van der Waals surface area contributed by atoms with Gasteiger partial charge in [0.25, 0.3) is 0 Å². The fraction of sp³-hybridized carbons (Fsp3) is 0.455. The lowest BCUT2D eigenvalue weighted by Gasteiger charge is -2.26. The van der Waals surface area contributed by atoms with E-state index in [1.165, 1.54) is 6.26 Å². The van der Waals surface area contributed by atoms with Crippen LogP contribution < -0.4 is 10.1 Å². The molecule has 0 radical (unpaired) electrons. The Hall–Kier alpha value is -1.11. The van der Waals surface area contributed by atoms with Gasteiger partial charge in [0.2, 0.25) is 6.29 Å². The highest BCUT2D eigenvalue weighted by Crippen LogP contribution is 2.28. The third-order valence-electron chi connectivity index (χ3n) is 2.52. The van der Waals surface area contributed by atoms with Crippen LogP contribution in [-0.2, 0) is 21.2 Å². The van der Waals surface area contributed by atoms with Gasteiger partial charge in [0.1, 0.15) is 5.75 Å². The van der Waals surface area contributed by atoms with Crippen LogP contribution in [0.25, 0.3) is 0 Å². The zero-order valence-electron chi connectivity index (χ0n) is 9.76. The number of ether oxygens (including phenoxy) is 2. The first-order chi connectivity index (χ1) is 8.00. The maximum Gasteiger partial charge on any atom is 0.212 e. The van der Waals surface area contributed by atoms with Crippen LogP contribution in [0.4, 0.5) is 0 Å². The molecule has 17 heavy (non-hydrogen) atoms. The number of benzene rings is 1. The number of hydrogen-bond acceptors (Lipinski definition) is 5. The second-order valence-corrected chi connectivity index (χ2v) is 5.97. The van der Waals surface area contributed by atoms with Crippen LogP contribution in [0.3, 0.4) is 0 Å². The summed E-state index contributed by atoms with van der Waals surface area (Å²) in [4.78, 5) is 0.265. The fourth-order valence-electron chi connectivity index (χ4n) is 1.62. The Bertz CT molecular complexity index is 512. The molecule has 0 aliphatic carbocycles. The van der Waals surface area contributed by atoms with E-state index in [0.29, 0.717) is 18.9 Å². The molecular weight excluding hydrogens is 242 g/mol. The van der Waals surface area contributed by atoms with Gasteiger partial charge in [0.15, 0.2) is 9.84 Å². The van der Waals surface area contributed by atoms with E-state index in [9.17, 15) is 8.42 Å². The molecule has 2 rings (SSSR count). The summed E-state index contributed by atoms with van der Waals surface area (Å²) in [5.41, 5.74) is 0.866. The molecule has 5 nitrogen and oxygen atoms in total. The molecule has 0 aromatic heterocycles. The second kappa shape index (κ2) is 4.64. The first-order valence-electron chi connectivity index (χ1n) is 5.26. The zero-order valence-corrected chi connectivity index (χ0v) is 10.6. The molecule has 6 heteroatoms. The SMILES string of the molecule is CNCC1OCc2ccc(S(C)(=O)=O)cc2O1. The van der Waals surface area contributed by atoms with Crippen LogP contribution in [-0.4, -0.2) is 34.6 Å². The van der Waals surface area contributed by atoms with Crippen molar-refractivity contribution in [3.8, 4) is 5.75 Å². The number of fused-ring (bicyclic) bond motifs is 1. The summed E-state index contributed by atoms with van der Waals surface area (Å²) in [6.45, 7) is 0.994. The number of nitrogens with one attached hydrogen (secondary N) is 1. The molecule has 0 fully saturated rings. The predicted octanol–water partition coefficient (Wildman–Crippen LogP) is 0.545. The molecule has 1 aliphatic rings. The molecule has 0 saturated heterocycles. The van der Waals surface area contributed by atoms with Gasteiger partial charge in [-0.1, -0.05) is 6.07 Å². The molecule has 1 atom stereocenters. The number of sulfone groups is 1. The van der Waals surface area contributed by atoms with E-state index in [1.807, 2.05) is 0 Å². The molecule has 1 aromatic carbocycles. The van der Waals surface area contributed by atoms with Crippen LogP contribution in [0.5, 0.6) is 5.75 Å². The third kappa shape index (κ3) is 2.77. The van der Waals surface area contributed by atoms with Crippen molar-refractivity contribution in [3.05, 3.63) is 23.8 Å². The van der Waals surface area contributed by atoms with Gasteiger partial charge in [0, 0.05) is 11.8 Å². The summed E-state index contributed by atoms with van der Waals surface area (Å²) in [5.74, 6) is 0.583. The Morgan fingerprint density at radius 1 is 1.47 bits per heavy atom. The monoisotopic (exact) mass is 257 g/mol. The highest BCUT2D eigenvalue weighted by Gasteiger charge is 2.21. The van der Waals surface area contributed by atoms with Gasteiger partial charge in [-0.15, -0.1) is 0 Å². The molecular formula is C11H15NO4S. The predicted molar refractivity (Wildman–Crippen MR) is 62.7 cm³/mol. The zero-order chi connectivity index (χ0) is 12.5. The van der Waals surface area contributed by atoms with Crippen molar-refractivity contribution in [1.29, 1.82) is 0 Å². The Morgan fingerprint density at radius 2 is 2.24 bits per heavy atom. The molecule has 0 bridgehead atoms. The van der Waals surface area contributed by atoms with E-state index in [2.05, 4.69) is 5.32 Å². The molecule has 1 unspecified atom stereocenters. The highest BCUT2D eigenvalue weighted by atomic mass is 32.2. The van der Waals surface area contributed by atoms with Crippen LogP contribution in [0.1, 0.15) is 5.56 Å². The summed E-state index contributed by atoms with van der Waals surface area (Å²) < 4.78 is 33.8. The van der Waals surface area contributed by atoms with Gasteiger partial charge < -0.3 is 14.8 Å². The maximum atomic E-state index is 11.4. The highest BCUT2D eigenvalue weighted by molar-refractivity contribution is 7.90. The molecule has 94 valence electrons. The van der Waals surface area contributed by atoms with Crippen LogP contribution in [0, 0.1) is 0 Å². The van der Waals surface area contributed by atoms with Crippen molar-refractivity contribution < 1.29 is 17.9 Å². The van der Waals surface area contributed by atoms with Gasteiger partial charge in [-0.2, -0.15) is 0 Å². The van der Waals surface area contributed by atoms with E-state index in [0.717, 1.165) is 5.56 Å². The normalized spacial score (nSPS) is 19.5. The van der Waals surface area contributed by atoms with Crippen LogP contribution in [0.15, 0.2) is 23.1 Å². The summed E-state index contributed by atoms with van der Waals surface area (Å²) in [6, 6.07) is 4.84. The van der Waals surface area contributed by atoms with Gasteiger partial charge in [0.05, 0.1) is 18.0 Å². The number of hydrogen-bond donors (Lipinski definition) is 1. The Kier molecular flexibility index (Phi) is 3.37. The number of rotatable bonds is 3.